The summed E-state index contributed by atoms with van der Waals surface area (Å²) in [5.74, 6) is 0. The number of likely N-dealkylation sites (tertiary alicyclic amines) is 1. The van der Waals surface area contributed by atoms with Gasteiger partial charge in [0.25, 0.3) is 10.1 Å². The first-order valence-corrected chi connectivity index (χ1v) is 8.75. The fourth-order valence-corrected chi connectivity index (χ4v) is 3.55. The molecule has 1 fully saturated rings. The summed E-state index contributed by atoms with van der Waals surface area (Å²) in [6.07, 6.45) is 2.74. The lowest BCUT2D eigenvalue weighted by Gasteiger charge is -2.22. The third kappa shape index (κ3) is 4.51. The van der Waals surface area contributed by atoms with E-state index >= 15 is 0 Å². The standard InChI is InChI=1S/C15H23NO4S/c1-13-5-7-15(8-6-13)21(18,19)20-11-3-10-16-9-2-4-14(16)12-17/h5-8,14,17H,2-4,9-12H2,1H3/t14-/m0/s1. The zero-order chi connectivity index (χ0) is 15.3. The summed E-state index contributed by atoms with van der Waals surface area (Å²) in [5, 5.41) is 9.22. The van der Waals surface area contributed by atoms with E-state index in [1.807, 2.05) is 6.92 Å². The molecule has 21 heavy (non-hydrogen) atoms. The summed E-state index contributed by atoms with van der Waals surface area (Å²) in [6.45, 7) is 3.98. The van der Waals surface area contributed by atoms with Crippen LogP contribution in [0, 0.1) is 6.92 Å². The van der Waals surface area contributed by atoms with Gasteiger partial charge >= 0.3 is 0 Å². The molecule has 6 heteroatoms. The van der Waals surface area contributed by atoms with Gasteiger partial charge in [0.15, 0.2) is 0 Å². The van der Waals surface area contributed by atoms with Gasteiger partial charge in [-0.2, -0.15) is 8.42 Å². The second-order valence-electron chi connectivity index (χ2n) is 5.46. The van der Waals surface area contributed by atoms with E-state index in [1.54, 1.807) is 24.3 Å². The van der Waals surface area contributed by atoms with E-state index in [-0.39, 0.29) is 24.2 Å². The Hall–Kier alpha value is -0.950. The lowest BCUT2D eigenvalue weighted by Crippen LogP contribution is -2.33. The Balaban J connectivity index is 1.78. The maximum absolute atomic E-state index is 12.0. The van der Waals surface area contributed by atoms with Crippen molar-refractivity contribution in [3.63, 3.8) is 0 Å². The molecule has 0 spiro atoms. The van der Waals surface area contributed by atoms with Crippen LogP contribution in [-0.4, -0.2) is 50.8 Å². The van der Waals surface area contributed by atoms with Crippen molar-refractivity contribution in [1.29, 1.82) is 0 Å². The monoisotopic (exact) mass is 313 g/mol. The number of nitrogens with zero attached hydrogens (tertiary/aromatic N) is 1. The first kappa shape index (κ1) is 16.4. The van der Waals surface area contributed by atoms with E-state index in [1.165, 1.54) is 0 Å². The van der Waals surface area contributed by atoms with E-state index in [0.29, 0.717) is 6.42 Å². The lowest BCUT2D eigenvalue weighted by molar-refractivity contribution is 0.151. The van der Waals surface area contributed by atoms with Gasteiger partial charge in [-0.1, -0.05) is 17.7 Å². The van der Waals surface area contributed by atoms with Crippen LogP contribution in [0.1, 0.15) is 24.8 Å². The van der Waals surface area contributed by atoms with Crippen molar-refractivity contribution in [2.75, 3.05) is 26.3 Å². The summed E-state index contributed by atoms with van der Waals surface area (Å²) in [7, 11) is -3.66. The van der Waals surface area contributed by atoms with Crippen LogP contribution in [0.25, 0.3) is 0 Å². The number of hydrogen-bond donors (Lipinski definition) is 1. The minimum Gasteiger partial charge on any atom is -0.395 e. The number of hydrogen-bond acceptors (Lipinski definition) is 5. The maximum Gasteiger partial charge on any atom is 0.296 e. The molecule has 1 aliphatic heterocycles. The molecule has 1 aromatic rings. The van der Waals surface area contributed by atoms with Gasteiger partial charge < -0.3 is 5.11 Å². The van der Waals surface area contributed by atoms with Gasteiger partial charge in [0.05, 0.1) is 18.1 Å². The Kier molecular flexibility index (Phi) is 5.75. The zero-order valence-electron chi connectivity index (χ0n) is 12.4. The summed E-state index contributed by atoms with van der Waals surface area (Å²) >= 11 is 0. The fraction of sp³-hybridized carbons (Fsp3) is 0.600. The highest BCUT2D eigenvalue weighted by Crippen LogP contribution is 2.17. The van der Waals surface area contributed by atoms with E-state index in [2.05, 4.69) is 4.90 Å². The summed E-state index contributed by atoms with van der Waals surface area (Å²) in [6, 6.07) is 6.86. The van der Waals surface area contributed by atoms with E-state index < -0.39 is 10.1 Å². The number of benzene rings is 1. The largest absolute Gasteiger partial charge is 0.395 e. The average molecular weight is 313 g/mol. The molecule has 1 atom stereocenters. The van der Waals surface area contributed by atoms with Crippen molar-refractivity contribution in [1.82, 2.24) is 4.90 Å². The topological polar surface area (TPSA) is 66.8 Å². The highest BCUT2D eigenvalue weighted by Gasteiger charge is 2.23. The molecular formula is C15H23NO4S. The van der Waals surface area contributed by atoms with Crippen LogP contribution >= 0.6 is 0 Å². The van der Waals surface area contributed by atoms with Crippen molar-refractivity contribution in [2.24, 2.45) is 0 Å². The quantitative estimate of drug-likeness (QED) is 0.611. The molecule has 0 aromatic heterocycles. The van der Waals surface area contributed by atoms with Crippen LogP contribution in [0.4, 0.5) is 0 Å². The maximum atomic E-state index is 12.0. The van der Waals surface area contributed by atoms with E-state index in [4.69, 9.17) is 4.18 Å². The van der Waals surface area contributed by atoms with Gasteiger partial charge in [-0.3, -0.25) is 9.08 Å². The van der Waals surface area contributed by atoms with Gasteiger partial charge in [0.1, 0.15) is 0 Å². The van der Waals surface area contributed by atoms with Crippen molar-refractivity contribution < 1.29 is 17.7 Å². The van der Waals surface area contributed by atoms with Crippen LogP contribution < -0.4 is 0 Å². The third-order valence-electron chi connectivity index (χ3n) is 3.85. The van der Waals surface area contributed by atoms with E-state index in [0.717, 1.165) is 31.5 Å². The molecule has 0 amide bonds. The molecule has 2 rings (SSSR count). The van der Waals surface area contributed by atoms with Gasteiger partial charge in [-0.05, 0) is 44.9 Å². The Bertz CT molecular complexity index is 541. The first-order valence-electron chi connectivity index (χ1n) is 7.34. The van der Waals surface area contributed by atoms with Crippen molar-refractivity contribution >= 4 is 10.1 Å². The zero-order valence-corrected chi connectivity index (χ0v) is 13.2. The smallest absolute Gasteiger partial charge is 0.296 e. The average Bonchev–Trinajstić information content (AvgIpc) is 2.91. The third-order valence-corrected chi connectivity index (χ3v) is 5.17. The molecule has 118 valence electrons. The number of rotatable bonds is 7. The summed E-state index contributed by atoms with van der Waals surface area (Å²) in [4.78, 5) is 2.39. The van der Waals surface area contributed by atoms with Crippen molar-refractivity contribution in [3.05, 3.63) is 29.8 Å². The van der Waals surface area contributed by atoms with Gasteiger partial charge in [-0.25, -0.2) is 0 Å². The highest BCUT2D eigenvalue weighted by molar-refractivity contribution is 7.86. The van der Waals surface area contributed by atoms with Crippen LogP contribution in [-0.2, 0) is 14.3 Å². The molecule has 0 saturated carbocycles. The Labute approximate surface area is 126 Å². The predicted octanol–water partition coefficient (Wildman–Crippen LogP) is 1.55. The molecule has 0 bridgehead atoms. The second-order valence-corrected chi connectivity index (χ2v) is 7.07. The van der Waals surface area contributed by atoms with Gasteiger partial charge in [0, 0.05) is 12.6 Å². The van der Waals surface area contributed by atoms with Crippen LogP contribution in [0.3, 0.4) is 0 Å². The van der Waals surface area contributed by atoms with Crippen LogP contribution in [0.15, 0.2) is 29.2 Å². The highest BCUT2D eigenvalue weighted by atomic mass is 32.2. The molecule has 1 saturated heterocycles. The molecule has 0 radical (unpaired) electrons. The predicted molar refractivity (Wildman–Crippen MR) is 80.6 cm³/mol. The van der Waals surface area contributed by atoms with E-state index in [9.17, 15) is 13.5 Å². The molecule has 1 heterocycles. The first-order chi connectivity index (χ1) is 10.0. The molecule has 0 aliphatic carbocycles. The lowest BCUT2D eigenvalue weighted by atomic mass is 10.2. The molecule has 5 nitrogen and oxygen atoms in total. The number of aliphatic hydroxyl groups excluding tert-OH is 1. The van der Waals surface area contributed by atoms with Crippen LogP contribution in [0.5, 0.6) is 0 Å². The normalized spacial score (nSPS) is 20.0. The summed E-state index contributed by atoms with van der Waals surface area (Å²) in [5.41, 5.74) is 1.01. The number of aliphatic hydroxyl groups is 1. The SMILES string of the molecule is Cc1ccc(S(=O)(=O)OCCCN2CCC[C@H]2CO)cc1. The Morgan fingerprint density at radius 1 is 1.33 bits per heavy atom. The minimum atomic E-state index is -3.66. The second kappa shape index (κ2) is 7.35. The molecule has 1 aromatic carbocycles. The minimum absolute atomic E-state index is 0.169. The Morgan fingerprint density at radius 2 is 2.05 bits per heavy atom. The summed E-state index contributed by atoms with van der Waals surface area (Å²) < 4.78 is 29.0. The Morgan fingerprint density at radius 3 is 2.71 bits per heavy atom. The van der Waals surface area contributed by atoms with Gasteiger partial charge in [-0.15, -0.1) is 0 Å². The number of aryl methyl sites for hydroxylation is 1. The molecule has 0 unspecified atom stereocenters. The van der Waals surface area contributed by atoms with Crippen molar-refractivity contribution in [3.8, 4) is 0 Å². The fourth-order valence-electron chi connectivity index (χ4n) is 2.61. The van der Waals surface area contributed by atoms with Crippen LogP contribution in [0.2, 0.25) is 0 Å². The van der Waals surface area contributed by atoms with Crippen molar-refractivity contribution in [2.45, 2.75) is 37.1 Å². The molecular weight excluding hydrogens is 290 g/mol. The van der Waals surface area contributed by atoms with Gasteiger partial charge in [0.2, 0.25) is 0 Å². The molecule has 1 N–H and O–H groups in total. The molecule has 1 aliphatic rings.